The van der Waals surface area contributed by atoms with Crippen LogP contribution in [0, 0.1) is 11.8 Å². The molecule has 2 aliphatic heterocycles. The topological polar surface area (TPSA) is 129 Å². The van der Waals surface area contributed by atoms with E-state index in [-0.39, 0.29) is 29.8 Å². The van der Waals surface area contributed by atoms with Gasteiger partial charge in [-0.2, -0.15) is 0 Å². The number of likely N-dealkylation sites (tertiary alicyclic amines) is 2. The van der Waals surface area contributed by atoms with E-state index in [4.69, 9.17) is 9.47 Å². The predicted molar refractivity (Wildman–Crippen MR) is 194 cm³/mol. The predicted octanol–water partition coefficient (Wildman–Crippen LogP) is 4.93. The van der Waals surface area contributed by atoms with Gasteiger partial charge in [-0.15, -0.1) is 0 Å². The fourth-order valence-corrected chi connectivity index (χ4v) is 6.70. The van der Waals surface area contributed by atoms with Crippen LogP contribution in [0.5, 0.6) is 11.5 Å². The Kier molecular flexibility index (Phi) is 14.8. The molecule has 2 aromatic rings. The lowest BCUT2D eigenvalue weighted by Gasteiger charge is -2.32. The molecule has 11 nitrogen and oxygen atoms in total. The zero-order chi connectivity index (χ0) is 36.0. The summed E-state index contributed by atoms with van der Waals surface area (Å²) in [5.41, 5.74) is 0.915. The second-order valence-electron chi connectivity index (χ2n) is 14.4. The van der Waals surface area contributed by atoms with E-state index < -0.39 is 29.9 Å². The molecule has 2 heterocycles. The number of carbonyl (C=O) groups excluding carboxylic acids is 4. The number of hydrogen-bond donors (Lipinski definition) is 3. The highest BCUT2D eigenvalue weighted by atomic mass is 16.5. The number of carbonyl (C=O) groups is 4. The molecule has 2 fully saturated rings. The highest BCUT2D eigenvalue weighted by Gasteiger charge is 2.36. The maximum Gasteiger partial charge on any atom is 0.318 e. The lowest BCUT2D eigenvalue weighted by molar-refractivity contribution is -0.138. The summed E-state index contributed by atoms with van der Waals surface area (Å²) in [4.78, 5) is 58.8. The molecular weight excluding hydrogens is 634 g/mol. The maximum atomic E-state index is 14.3. The number of piperidine rings is 1. The smallest absolute Gasteiger partial charge is 0.318 e. The van der Waals surface area contributed by atoms with Crippen molar-refractivity contribution in [3.8, 4) is 11.5 Å². The number of nitrogens with zero attached hydrogens (tertiary/aromatic N) is 2. The molecule has 0 bridgehead atoms. The Morgan fingerprint density at radius 1 is 0.720 bits per heavy atom. The van der Waals surface area contributed by atoms with Crippen molar-refractivity contribution >= 4 is 23.8 Å². The SMILES string of the molecule is COc1ccc(OC[C@@H]2CCCN2C(=O)[C@H](Cc2ccccc2)NC(=O)[C@H](CC(C)C)NC(=O)[C@H](CC(C)C)NC(=O)N2CCCCC2)cc1. The molecule has 0 aromatic heterocycles. The second-order valence-corrected chi connectivity index (χ2v) is 14.4. The van der Waals surface area contributed by atoms with Gasteiger partial charge >= 0.3 is 6.03 Å². The van der Waals surface area contributed by atoms with Crippen LogP contribution < -0.4 is 25.4 Å². The Hall–Kier alpha value is -4.28. The molecular formula is C39H57N5O6. The molecule has 0 saturated carbocycles. The summed E-state index contributed by atoms with van der Waals surface area (Å²) in [6.07, 6.45) is 5.73. The van der Waals surface area contributed by atoms with Gasteiger partial charge in [0, 0.05) is 26.1 Å². The summed E-state index contributed by atoms with van der Waals surface area (Å²) in [6.45, 7) is 10.2. The van der Waals surface area contributed by atoms with E-state index in [0.29, 0.717) is 51.3 Å². The fraction of sp³-hybridized carbons (Fsp3) is 0.590. The molecule has 4 rings (SSSR count). The van der Waals surface area contributed by atoms with Crippen molar-refractivity contribution < 1.29 is 28.7 Å². The van der Waals surface area contributed by atoms with E-state index in [1.165, 1.54) is 0 Å². The van der Waals surface area contributed by atoms with Crippen molar-refractivity contribution in [2.45, 2.75) is 103 Å². The van der Waals surface area contributed by atoms with Crippen LogP contribution in [0.1, 0.15) is 78.2 Å². The lowest BCUT2D eigenvalue weighted by Crippen LogP contribution is -2.59. The molecule has 2 saturated heterocycles. The average Bonchev–Trinajstić information content (AvgIpc) is 3.59. The number of methoxy groups -OCH3 is 1. The first-order valence-corrected chi connectivity index (χ1v) is 18.3. The summed E-state index contributed by atoms with van der Waals surface area (Å²) in [5.74, 6) is 0.652. The third kappa shape index (κ3) is 11.7. The minimum atomic E-state index is -0.886. The van der Waals surface area contributed by atoms with Gasteiger partial charge in [0.25, 0.3) is 0 Å². The quantitative estimate of drug-likeness (QED) is 0.229. The molecule has 11 heteroatoms. The van der Waals surface area contributed by atoms with Gasteiger partial charge in [-0.05, 0) is 86.6 Å². The van der Waals surface area contributed by atoms with Crippen LogP contribution in [-0.4, -0.2) is 91.1 Å². The molecule has 0 radical (unpaired) electrons. The van der Waals surface area contributed by atoms with Crippen molar-refractivity contribution in [1.82, 2.24) is 25.8 Å². The van der Waals surface area contributed by atoms with Crippen LogP contribution in [0.15, 0.2) is 54.6 Å². The van der Waals surface area contributed by atoms with Gasteiger partial charge in [0.1, 0.15) is 36.2 Å². The van der Waals surface area contributed by atoms with E-state index in [1.54, 1.807) is 12.0 Å². The van der Waals surface area contributed by atoms with Crippen molar-refractivity contribution in [3.63, 3.8) is 0 Å². The molecule has 2 aromatic carbocycles. The first-order valence-electron chi connectivity index (χ1n) is 18.3. The molecule has 3 N–H and O–H groups in total. The zero-order valence-electron chi connectivity index (χ0n) is 30.5. The fourth-order valence-electron chi connectivity index (χ4n) is 6.70. The van der Waals surface area contributed by atoms with Crippen LogP contribution in [0.4, 0.5) is 4.79 Å². The third-order valence-corrected chi connectivity index (χ3v) is 9.36. The van der Waals surface area contributed by atoms with Crippen LogP contribution >= 0.6 is 0 Å². The summed E-state index contributed by atoms with van der Waals surface area (Å²) >= 11 is 0. The normalized spacial score (nSPS) is 17.9. The molecule has 5 amide bonds. The monoisotopic (exact) mass is 691 g/mol. The Labute approximate surface area is 297 Å². The standard InChI is InChI=1S/C39H57N5O6/c1-27(2)23-33(40-37(46)34(24-28(3)4)42-39(48)43-20-10-7-11-21-43)36(45)41-35(25-29-13-8-6-9-14-29)38(47)44-22-12-15-30(44)26-50-32-18-16-31(49-5)17-19-32/h6,8-9,13-14,16-19,27-28,30,33-35H,7,10-12,15,20-26H2,1-5H3,(H,40,46)(H,41,45)(H,42,48)/t30-,33-,34-,35-/m0/s1. The van der Waals surface area contributed by atoms with E-state index in [2.05, 4.69) is 16.0 Å². The number of benzene rings is 2. The Bertz CT molecular complexity index is 1380. The summed E-state index contributed by atoms with van der Waals surface area (Å²) in [5, 5.41) is 8.94. The minimum absolute atomic E-state index is 0.0823. The molecule has 274 valence electrons. The number of nitrogens with one attached hydrogen (secondary N) is 3. The van der Waals surface area contributed by atoms with E-state index in [9.17, 15) is 19.2 Å². The zero-order valence-corrected chi connectivity index (χ0v) is 30.5. The van der Waals surface area contributed by atoms with Crippen molar-refractivity contribution in [2.24, 2.45) is 11.8 Å². The highest BCUT2D eigenvalue weighted by Crippen LogP contribution is 2.23. The number of urea groups is 1. The van der Waals surface area contributed by atoms with Crippen molar-refractivity contribution in [1.29, 1.82) is 0 Å². The van der Waals surface area contributed by atoms with Gasteiger partial charge in [0.2, 0.25) is 17.7 Å². The summed E-state index contributed by atoms with van der Waals surface area (Å²) in [6, 6.07) is 14.0. The largest absolute Gasteiger partial charge is 0.497 e. The summed E-state index contributed by atoms with van der Waals surface area (Å²) < 4.78 is 11.3. The number of rotatable bonds is 16. The molecule has 4 atom stereocenters. The molecule has 2 aliphatic rings. The lowest BCUT2D eigenvalue weighted by atomic mass is 9.99. The van der Waals surface area contributed by atoms with E-state index in [1.807, 2.05) is 87.2 Å². The highest BCUT2D eigenvalue weighted by molar-refractivity contribution is 5.94. The van der Waals surface area contributed by atoms with Gasteiger partial charge in [-0.3, -0.25) is 14.4 Å². The van der Waals surface area contributed by atoms with Crippen LogP contribution in [0.2, 0.25) is 0 Å². The molecule has 0 aliphatic carbocycles. The summed E-state index contributed by atoms with van der Waals surface area (Å²) in [7, 11) is 1.61. The van der Waals surface area contributed by atoms with Crippen LogP contribution in [-0.2, 0) is 20.8 Å². The number of ether oxygens (including phenoxy) is 2. The van der Waals surface area contributed by atoms with E-state index in [0.717, 1.165) is 43.4 Å². The van der Waals surface area contributed by atoms with Gasteiger partial charge in [0.05, 0.1) is 13.2 Å². The second kappa shape index (κ2) is 19.2. The van der Waals surface area contributed by atoms with Gasteiger partial charge in [0.15, 0.2) is 0 Å². The molecule has 0 spiro atoms. The molecule has 0 unspecified atom stereocenters. The first-order chi connectivity index (χ1) is 24.0. The Balaban J connectivity index is 1.48. The van der Waals surface area contributed by atoms with E-state index >= 15 is 0 Å². The Morgan fingerprint density at radius 2 is 1.30 bits per heavy atom. The third-order valence-electron chi connectivity index (χ3n) is 9.36. The number of amides is 5. The average molecular weight is 692 g/mol. The minimum Gasteiger partial charge on any atom is -0.497 e. The maximum absolute atomic E-state index is 14.3. The van der Waals surface area contributed by atoms with Crippen molar-refractivity contribution in [2.75, 3.05) is 33.4 Å². The van der Waals surface area contributed by atoms with Crippen LogP contribution in [0.25, 0.3) is 0 Å². The van der Waals surface area contributed by atoms with Crippen molar-refractivity contribution in [3.05, 3.63) is 60.2 Å². The first kappa shape index (κ1) is 38.5. The Morgan fingerprint density at radius 3 is 1.90 bits per heavy atom. The van der Waals surface area contributed by atoms with Gasteiger partial charge in [-0.25, -0.2) is 4.79 Å². The van der Waals surface area contributed by atoms with Crippen LogP contribution in [0.3, 0.4) is 0 Å². The number of hydrogen-bond acceptors (Lipinski definition) is 6. The van der Waals surface area contributed by atoms with Gasteiger partial charge < -0.3 is 35.2 Å². The molecule has 50 heavy (non-hydrogen) atoms. The van der Waals surface area contributed by atoms with Gasteiger partial charge in [-0.1, -0.05) is 58.0 Å².